The van der Waals surface area contributed by atoms with E-state index >= 15 is 0 Å². The summed E-state index contributed by atoms with van der Waals surface area (Å²) >= 11 is 0. The second-order valence-corrected chi connectivity index (χ2v) is 2.45. The number of pyridine rings is 1. The van der Waals surface area contributed by atoms with Crippen LogP contribution in [0.3, 0.4) is 0 Å². The molecule has 0 unspecified atom stereocenters. The molecule has 0 radical (unpaired) electrons. The second kappa shape index (κ2) is 3.99. The van der Waals surface area contributed by atoms with Gasteiger partial charge in [0.2, 0.25) is 0 Å². The number of hydrogen-bond donors (Lipinski definition) is 1. The first-order valence-electron chi connectivity index (χ1n) is 3.64. The van der Waals surface area contributed by atoms with Crippen molar-refractivity contribution in [3.8, 4) is 5.75 Å². The van der Waals surface area contributed by atoms with Gasteiger partial charge in [-0.05, 0) is 6.07 Å². The third-order valence-corrected chi connectivity index (χ3v) is 1.63. The Morgan fingerprint density at radius 3 is 2.64 bits per heavy atom. The van der Waals surface area contributed by atoms with Crippen LogP contribution in [0, 0.1) is 0 Å². The molecular weight excluding hydrogens is 196 g/mol. The van der Waals surface area contributed by atoms with E-state index in [4.69, 9.17) is 0 Å². The molecule has 0 aliphatic heterocycles. The first-order chi connectivity index (χ1) is 6.60. The Morgan fingerprint density at radius 1 is 1.57 bits per heavy atom. The Bertz CT molecular complexity index is 400. The minimum atomic E-state index is -2.89. The highest BCUT2D eigenvalue weighted by atomic mass is 19.3. The van der Waals surface area contributed by atoms with Crippen molar-refractivity contribution < 1.29 is 18.3 Å². The van der Waals surface area contributed by atoms with Crippen molar-refractivity contribution in [2.24, 2.45) is 0 Å². The summed E-state index contributed by atoms with van der Waals surface area (Å²) in [6, 6.07) is 0.979. The van der Waals surface area contributed by atoms with Crippen LogP contribution in [-0.2, 0) is 0 Å². The molecule has 0 fully saturated rings. The maximum absolute atomic E-state index is 12.3. The molecule has 1 heterocycles. The van der Waals surface area contributed by atoms with Crippen LogP contribution in [0.1, 0.15) is 22.5 Å². The molecule has 0 spiro atoms. The van der Waals surface area contributed by atoms with E-state index in [1.54, 1.807) is 0 Å². The molecule has 0 aliphatic rings. The monoisotopic (exact) mass is 203 g/mol. The first kappa shape index (κ1) is 10.4. The van der Waals surface area contributed by atoms with Gasteiger partial charge in [0.05, 0.1) is 12.8 Å². The van der Waals surface area contributed by atoms with E-state index in [0.717, 1.165) is 6.07 Å². The normalized spacial score (nSPS) is 10.3. The lowest BCUT2D eigenvalue weighted by Gasteiger charge is -2.05. The Kier molecular flexibility index (Phi) is 2.95. The third kappa shape index (κ3) is 1.78. The Labute approximate surface area is 77.5 Å². The van der Waals surface area contributed by atoms with E-state index in [1.807, 2.05) is 4.98 Å². The van der Waals surface area contributed by atoms with Gasteiger partial charge in [0, 0.05) is 5.56 Å². The lowest BCUT2D eigenvalue weighted by Crippen LogP contribution is -2.14. The molecule has 14 heavy (non-hydrogen) atoms. The highest BCUT2D eigenvalue weighted by Gasteiger charge is 2.16. The fraction of sp³-hybridized carbons (Fsp3) is 0.250. The number of aromatic amines is 1. The molecule has 1 aromatic heterocycles. The summed E-state index contributed by atoms with van der Waals surface area (Å²) in [7, 11) is 1.21. The van der Waals surface area contributed by atoms with Crippen LogP contribution in [0.2, 0.25) is 0 Å². The van der Waals surface area contributed by atoms with Crippen molar-refractivity contribution in [1.29, 1.82) is 0 Å². The topological polar surface area (TPSA) is 59.2 Å². The van der Waals surface area contributed by atoms with Crippen LogP contribution >= 0.6 is 0 Å². The van der Waals surface area contributed by atoms with E-state index in [-0.39, 0.29) is 17.6 Å². The number of methoxy groups -OCH3 is 1. The van der Waals surface area contributed by atoms with Crippen LogP contribution in [0.25, 0.3) is 0 Å². The maximum Gasteiger partial charge on any atom is 0.290 e. The molecule has 0 saturated heterocycles. The highest BCUT2D eigenvalue weighted by Crippen LogP contribution is 2.20. The quantitative estimate of drug-likeness (QED) is 0.749. The van der Waals surface area contributed by atoms with E-state index in [1.165, 1.54) is 7.11 Å². The van der Waals surface area contributed by atoms with Gasteiger partial charge in [0.25, 0.3) is 12.0 Å². The van der Waals surface area contributed by atoms with Crippen LogP contribution in [0.4, 0.5) is 8.78 Å². The number of carbonyl (C=O) groups is 1. The van der Waals surface area contributed by atoms with Gasteiger partial charge in [0.15, 0.2) is 12.0 Å². The van der Waals surface area contributed by atoms with Crippen molar-refractivity contribution in [2.75, 3.05) is 7.11 Å². The first-order valence-corrected chi connectivity index (χ1v) is 3.64. The fourth-order valence-corrected chi connectivity index (χ4v) is 0.970. The molecule has 0 amide bonds. The molecule has 0 aliphatic carbocycles. The van der Waals surface area contributed by atoms with Crippen LogP contribution < -0.4 is 10.3 Å². The van der Waals surface area contributed by atoms with Crippen molar-refractivity contribution >= 4 is 6.29 Å². The zero-order chi connectivity index (χ0) is 10.7. The standard InChI is InChI=1S/C8H7F2NO3/c1-14-5-2-4(3-12)6(7(9)10)11-8(5)13/h2-3,7H,1H3,(H,11,13). The summed E-state index contributed by atoms with van der Waals surface area (Å²) in [6.07, 6.45) is -2.66. The van der Waals surface area contributed by atoms with Crippen molar-refractivity contribution in [3.05, 3.63) is 27.7 Å². The number of hydrogen-bond acceptors (Lipinski definition) is 3. The lowest BCUT2D eigenvalue weighted by molar-refractivity contribution is 0.110. The number of rotatable bonds is 3. The van der Waals surface area contributed by atoms with Gasteiger partial charge in [-0.3, -0.25) is 9.59 Å². The molecule has 1 aromatic rings. The molecule has 0 bridgehead atoms. The fourth-order valence-electron chi connectivity index (χ4n) is 0.970. The number of aromatic nitrogens is 1. The van der Waals surface area contributed by atoms with Gasteiger partial charge in [-0.25, -0.2) is 8.78 Å². The number of aldehydes is 1. The number of carbonyl (C=O) groups excluding carboxylic acids is 1. The molecule has 4 nitrogen and oxygen atoms in total. The van der Waals surface area contributed by atoms with E-state index < -0.39 is 17.7 Å². The second-order valence-electron chi connectivity index (χ2n) is 2.45. The summed E-state index contributed by atoms with van der Waals surface area (Å²) in [4.78, 5) is 23.3. The van der Waals surface area contributed by atoms with E-state index in [0.29, 0.717) is 0 Å². The average molecular weight is 203 g/mol. The van der Waals surface area contributed by atoms with E-state index in [2.05, 4.69) is 4.74 Å². The van der Waals surface area contributed by atoms with Crippen molar-refractivity contribution in [3.63, 3.8) is 0 Å². The van der Waals surface area contributed by atoms with Gasteiger partial charge < -0.3 is 9.72 Å². The molecule has 76 valence electrons. The van der Waals surface area contributed by atoms with Crippen molar-refractivity contribution in [1.82, 2.24) is 4.98 Å². The van der Waals surface area contributed by atoms with Gasteiger partial charge in [-0.15, -0.1) is 0 Å². The predicted molar refractivity (Wildman–Crippen MR) is 44.0 cm³/mol. The van der Waals surface area contributed by atoms with Gasteiger partial charge in [-0.1, -0.05) is 0 Å². The molecule has 1 N–H and O–H groups in total. The summed E-state index contributed by atoms with van der Waals surface area (Å²) in [5.41, 5.74) is -1.75. The number of alkyl halides is 2. The zero-order valence-corrected chi connectivity index (χ0v) is 7.21. The number of halogens is 2. The van der Waals surface area contributed by atoms with Crippen LogP contribution in [-0.4, -0.2) is 18.4 Å². The molecule has 0 atom stereocenters. The summed E-state index contributed by atoms with van der Waals surface area (Å²) in [5.74, 6) is -0.170. The van der Waals surface area contributed by atoms with E-state index in [9.17, 15) is 18.4 Å². The number of nitrogens with one attached hydrogen (secondary N) is 1. The molecule has 6 heteroatoms. The minimum Gasteiger partial charge on any atom is -0.491 e. The van der Waals surface area contributed by atoms with Crippen LogP contribution in [0.15, 0.2) is 10.9 Å². The third-order valence-electron chi connectivity index (χ3n) is 1.63. The zero-order valence-electron chi connectivity index (χ0n) is 7.21. The molecule has 0 saturated carbocycles. The largest absolute Gasteiger partial charge is 0.491 e. The summed E-state index contributed by atoms with van der Waals surface area (Å²) < 4.78 is 29.1. The maximum atomic E-state index is 12.3. The molecule has 0 aromatic carbocycles. The minimum absolute atomic E-state index is 0.170. The highest BCUT2D eigenvalue weighted by molar-refractivity contribution is 5.77. The number of H-pyrrole nitrogens is 1. The van der Waals surface area contributed by atoms with Gasteiger partial charge in [0.1, 0.15) is 0 Å². The number of ether oxygens (including phenoxy) is 1. The Hall–Kier alpha value is -1.72. The Balaban J connectivity index is 3.39. The lowest BCUT2D eigenvalue weighted by atomic mass is 10.2. The summed E-state index contributed by atoms with van der Waals surface area (Å²) in [6.45, 7) is 0. The van der Waals surface area contributed by atoms with Crippen LogP contribution in [0.5, 0.6) is 5.75 Å². The average Bonchev–Trinajstić information content (AvgIpc) is 2.17. The molecular formula is C8H7F2NO3. The predicted octanol–water partition coefficient (Wildman–Crippen LogP) is 1.13. The summed E-state index contributed by atoms with van der Waals surface area (Å²) in [5, 5.41) is 0. The Morgan fingerprint density at radius 2 is 2.21 bits per heavy atom. The van der Waals surface area contributed by atoms with Crippen molar-refractivity contribution in [2.45, 2.75) is 6.43 Å². The molecule has 1 rings (SSSR count). The smallest absolute Gasteiger partial charge is 0.290 e. The SMILES string of the molecule is COc1cc(C=O)c(C(F)F)[nH]c1=O. The van der Waals surface area contributed by atoms with Gasteiger partial charge in [-0.2, -0.15) is 0 Å². The van der Waals surface area contributed by atoms with Gasteiger partial charge >= 0.3 is 0 Å².